The summed E-state index contributed by atoms with van der Waals surface area (Å²) in [5, 5.41) is 0. The summed E-state index contributed by atoms with van der Waals surface area (Å²) in [5.74, 6) is -1.15. The van der Waals surface area contributed by atoms with Gasteiger partial charge in [0.1, 0.15) is 13.2 Å². The van der Waals surface area contributed by atoms with E-state index in [9.17, 15) is 14.4 Å². The molecule has 1 saturated heterocycles. The molecule has 21 heavy (non-hydrogen) atoms. The third kappa shape index (κ3) is 3.95. The van der Waals surface area contributed by atoms with Crippen molar-refractivity contribution >= 4 is 18.0 Å². The van der Waals surface area contributed by atoms with Crippen molar-refractivity contribution in [1.82, 2.24) is 4.90 Å². The van der Waals surface area contributed by atoms with Crippen molar-refractivity contribution in [1.29, 1.82) is 0 Å². The molecule has 0 N–H and O–H groups in total. The van der Waals surface area contributed by atoms with Gasteiger partial charge in [-0.15, -0.1) is 0 Å². The first-order chi connectivity index (χ1) is 10.1. The zero-order valence-corrected chi connectivity index (χ0v) is 11.5. The van der Waals surface area contributed by atoms with Crippen LogP contribution in [0.1, 0.15) is 12.5 Å². The number of esters is 2. The van der Waals surface area contributed by atoms with Gasteiger partial charge in [-0.2, -0.15) is 0 Å². The quantitative estimate of drug-likeness (QED) is 0.610. The van der Waals surface area contributed by atoms with E-state index < -0.39 is 24.1 Å². The van der Waals surface area contributed by atoms with Crippen LogP contribution < -0.4 is 0 Å². The number of benzene rings is 1. The number of cyclic esters (lactones) is 1. The van der Waals surface area contributed by atoms with E-state index >= 15 is 0 Å². The van der Waals surface area contributed by atoms with Crippen LogP contribution in [0.3, 0.4) is 0 Å². The van der Waals surface area contributed by atoms with Crippen LogP contribution in [-0.2, 0) is 30.4 Å². The number of ether oxygens (including phenoxy) is 3. The van der Waals surface area contributed by atoms with E-state index in [2.05, 4.69) is 0 Å². The van der Waals surface area contributed by atoms with E-state index in [1.165, 1.54) is 6.92 Å². The minimum atomic E-state index is -0.961. The molecule has 1 aliphatic rings. The first-order valence-corrected chi connectivity index (χ1v) is 6.35. The number of carbonyl (C=O) groups is 3. The van der Waals surface area contributed by atoms with Crippen molar-refractivity contribution in [3.05, 3.63) is 35.9 Å². The predicted octanol–water partition coefficient (Wildman–Crippen LogP) is 1.07. The summed E-state index contributed by atoms with van der Waals surface area (Å²) in [6.07, 6.45) is -0.693. The summed E-state index contributed by atoms with van der Waals surface area (Å²) in [7, 11) is 0. The molecule has 0 radical (unpaired) electrons. The van der Waals surface area contributed by atoms with Gasteiger partial charge in [0.15, 0.2) is 12.8 Å². The Kier molecular flexibility index (Phi) is 4.76. The van der Waals surface area contributed by atoms with Crippen LogP contribution in [0, 0.1) is 0 Å². The summed E-state index contributed by atoms with van der Waals surface area (Å²) in [6.45, 7) is 0.857. The molecular formula is C14H15NO6. The van der Waals surface area contributed by atoms with E-state index in [1.54, 1.807) is 0 Å². The summed E-state index contributed by atoms with van der Waals surface area (Å²) in [6, 6.07) is 8.18. The highest BCUT2D eigenvalue weighted by Crippen LogP contribution is 2.14. The third-order valence-corrected chi connectivity index (χ3v) is 2.88. The van der Waals surface area contributed by atoms with Gasteiger partial charge in [0.25, 0.3) is 0 Å². The van der Waals surface area contributed by atoms with Crippen molar-refractivity contribution in [2.75, 3.05) is 13.3 Å². The molecule has 7 heteroatoms. The Bertz CT molecular complexity index is 530. The second kappa shape index (κ2) is 6.74. The smallest absolute Gasteiger partial charge is 0.413 e. The predicted molar refractivity (Wildman–Crippen MR) is 69.8 cm³/mol. The SMILES string of the molecule is CC(=O)OCC1C(=O)OCN1C(=O)OCc1ccccc1. The topological polar surface area (TPSA) is 82.1 Å². The number of nitrogens with zero attached hydrogens (tertiary/aromatic N) is 1. The fraction of sp³-hybridized carbons (Fsp3) is 0.357. The van der Waals surface area contributed by atoms with Crippen LogP contribution in [0.25, 0.3) is 0 Å². The maximum atomic E-state index is 12.0. The Hall–Kier alpha value is -2.57. The first-order valence-electron chi connectivity index (χ1n) is 6.35. The van der Waals surface area contributed by atoms with Gasteiger partial charge in [-0.05, 0) is 5.56 Å². The maximum absolute atomic E-state index is 12.0. The molecule has 1 amide bonds. The zero-order valence-electron chi connectivity index (χ0n) is 11.5. The lowest BCUT2D eigenvalue weighted by atomic mass is 10.2. The minimum absolute atomic E-state index is 0.0879. The van der Waals surface area contributed by atoms with Gasteiger partial charge in [-0.25, -0.2) is 9.59 Å². The van der Waals surface area contributed by atoms with Gasteiger partial charge in [0, 0.05) is 6.92 Å². The van der Waals surface area contributed by atoms with Crippen LogP contribution in [-0.4, -0.2) is 42.3 Å². The number of carbonyl (C=O) groups excluding carboxylic acids is 3. The van der Waals surface area contributed by atoms with Crippen molar-refractivity contribution in [3.8, 4) is 0 Å². The molecule has 1 aromatic carbocycles. The van der Waals surface area contributed by atoms with Crippen molar-refractivity contribution in [3.63, 3.8) is 0 Å². The molecule has 112 valence electrons. The molecule has 1 atom stereocenters. The number of hydrogen-bond acceptors (Lipinski definition) is 6. The largest absolute Gasteiger partial charge is 0.463 e. The van der Waals surface area contributed by atoms with Gasteiger partial charge in [-0.1, -0.05) is 30.3 Å². The Morgan fingerprint density at radius 2 is 2.00 bits per heavy atom. The van der Waals surface area contributed by atoms with Gasteiger partial charge < -0.3 is 14.2 Å². The molecule has 1 aliphatic heterocycles. The van der Waals surface area contributed by atoms with E-state index in [0.717, 1.165) is 10.5 Å². The number of rotatable bonds is 4. The summed E-state index contributed by atoms with van der Waals surface area (Å²) >= 11 is 0. The Labute approximate surface area is 121 Å². The summed E-state index contributed by atoms with van der Waals surface area (Å²) < 4.78 is 14.6. The average Bonchev–Trinajstić information content (AvgIpc) is 2.85. The fourth-order valence-corrected chi connectivity index (χ4v) is 1.78. The van der Waals surface area contributed by atoms with Crippen LogP contribution >= 0.6 is 0 Å². The third-order valence-electron chi connectivity index (χ3n) is 2.88. The fourth-order valence-electron chi connectivity index (χ4n) is 1.78. The van der Waals surface area contributed by atoms with Gasteiger partial charge in [-0.3, -0.25) is 9.69 Å². The van der Waals surface area contributed by atoms with Gasteiger partial charge in [0.2, 0.25) is 0 Å². The second-order valence-electron chi connectivity index (χ2n) is 4.42. The van der Waals surface area contributed by atoms with Crippen LogP contribution in [0.5, 0.6) is 0 Å². The van der Waals surface area contributed by atoms with Crippen molar-refractivity contribution in [2.24, 2.45) is 0 Å². The molecule has 0 saturated carbocycles. The summed E-state index contributed by atoms with van der Waals surface area (Å²) in [5.41, 5.74) is 0.828. The molecule has 0 bridgehead atoms. The highest BCUT2D eigenvalue weighted by molar-refractivity contribution is 5.84. The molecule has 1 unspecified atom stereocenters. The van der Waals surface area contributed by atoms with Crippen molar-refractivity contribution < 1.29 is 28.6 Å². The molecular weight excluding hydrogens is 278 g/mol. The Morgan fingerprint density at radius 1 is 1.29 bits per heavy atom. The number of hydrogen-bond donors (Lipinski definition) is 0. The zero-order chi connectivity index (χ0) is 15.2. The van der Waals surface area contributed by atoms with Crippen LogP contribution in [0.4, 0.5) is 4.79 Å². The Balaban J connectivity index is 1.91. The van der Waals surface area contributed by atoms with E-state index in [4.69, 9.17) is 14.2 Å². The lowest BCUT2D eigenvalue weighted by Crippen LogP contribution is -2.41. The molecule has 1 fully saturated rings. The molecule has 0 aliphatic carbocycles. The maximum Gasteiger partial charge on any atom is 0.413 e. The van der Waals surface area contributed by atoms with E-state index in [-0.39, 0.29) is 19.9 Å². The second-order valence-corrected chi connectivity index (χ2v) is 4.42. The van der Waals surface area contributed by atoms with Crippen molar-refractivity contribution in [2.45, 2.75) is 19.6 Å². The molecule has 0 aromatic heterocycles. The molecule has 2 rings (SSSR count). The number of amides is 1. The average molecular weight is 293 g/mol. The minimum Gasteiger partial charge on any atom is -0.463 e. The molecule has 0 spiro atoms. The normalized spacial score (nSPS) is 17.3. The van der Waals surface area contributed by atoms with Gasteiger partial charge in [0.05, 0.1) is 0 Å². The Morgan fingerprint density at radius 3 is 2.67 bits per heavy atom. The lowest BCUT2D eigenvalue weighted by molar-refractivity contribution is -0.145. The highest BCUT2D eigenvalue weighted by Gasteiger charge is 2.39. The monoisotopic (exact) mass is 293 g/mol. The lowest BCUT2D eigenvalue weighted by Gasteiger charge is -2.19. The van der Waals surface area contributed by atoms with Crippen LogP contribution in [0.2, 0.25) is 0 Å². The first kappa shape index (κ1) is 14.8. The van der Waals surface area contributed by atoms with E-state index in [0.29, 0.717) is 0 Å². The van der Waals surface area contributed by atoms with Gasteiger partial charge >= 0.3 is 18.0 Å². The standard InChI is InChI=1S/C14H15NO6/c1-10(16)19-8-12-13(17)21-9-15(12)14(18)20-7-11-5-3-2-4-6-11/h2-6,12H,7-9H2,1H3. The molecule has 7 nitrogen and oxygen atoms in total. The molecule has 1 aromatic rings. The highest BCUT2D eigenvalue weighted by atomic mass is 16.6. The summed E-state index contributed by atoms with van der Waals surface area (Å²) in [4.78, 5) is 35.3. The molecule has 1 heterocycles. The van der Waals surface area contributed by atoms with E-state index in [1.807, 2.05) is 30.3 Å². The van der Waals surface area contributed by atoms with Crippen LogP contribution in [0.15, 0.2) is 30.3 Å².